The molecule has 1 amide bonds. The lowest BCUT2D eigenvalue weighted by molar-refractivity contribution is -0.139. The summed E-state index contributed by atoms with van der Waals surface area (Å²) in [7, 11) is 0. The van der Waals surface area contributed by atoms with Crippen LogP contribution in [0.5, 0.6) is 0 Å². The van der Waals surface area contributed by atoms with Crippen LogP contribution in [0.3, 0.4) is 0 Å². The molecule has 5 nitrogen and oxygen atoms in total. The van der Waals surface area contributed by atoms with Gasteiger partial charge >= 0.3 is 5.97 Å². The van der Waals surface area contributed by atoms with E-state index in [4.69, 9.17) is 16.7 Å². The predicted molar refractivity (Wildman–Crippen MR) is 87.7 cm³/mol. The van der Waals surface area contributed by atoms with Crippen molar-refractivity contribution in [2.75, 3.05) is 13.1 Å². The van der Waals surface area contributed by atoms with E-state index in [1.54, 1.807) is 24.3 Å². The highest BCUT2D eigenvalue weighted by atomic mass is 35.5. The summed E-state index contributed by atoms with van der Waals surface area (Å²) in [6.07, 6.45) is 4.05. The first kappa shape index (κ1) is 16.3. The lowest BCUT2D eigenvalue weighted by Gasteiger charge is -2.42. The van der Waals surface area contributed by atoms with Crippen LogP contribution in [0.15, 0.2) is 24.3 Å². The van der Waals surface area contributed by atoms with E-state index in [1.165, 1.54) is 12.8 Å². The van der Waals surface area contributed by atoms with E-state index in [2.05, 4.69) is 10.2 Å². The van der Waals surface area contributed by atoms with Crippen LogP contribution in [0.2, 0.25) is 5.02 Å². The van der Waals surface area contributed by atoms with Crippen molar-refractivity contribution in [3.63, 3.8) is 0 Å². The first-order valence-corrected chi connectivity index (χ1v) is 8.41. The second-order valence-electron chi connectivity index (χ2n) is 6.57. The Labute approximate surface area is 140 Å². The summed E-state index contributed by atoms with van der Waals surface area (Å²) in [6.45, 7) is 0.966. The molecular weight excluding hydrogens is 316 g/mol. The van der Waals surface area contributed by atoms with E-state index in [1.807, 2.05) is 0 Å². The summed E-state index contributed by atoms with van der Waals surface area (Å²) in [4.78, 5) is 25.2. The van der Waals surface area contributed by atoms with Gasteiger partial charge < -0.3 is 10.4 Å². The Kier molecular flexibility index (Phi) is 4.87. The lowest BCUT2D eigenvalue weighted by atomic mass is 9.85. The molecular formula is C17H21ClN2O3. The zero-order valence-electron chi connectivity index (χ0n) is 12.9. The molecule has 0 saturated heterocycles. The van der Waals surface area contributed by atoms with Crippen LogP contribution in [0.4, 0.5) is 0 Å². The molecule has 0 bridgehead atoms. The first-order chi connectivity index (χ1) is 11.0. The summed E-state index contributed by atoms with van der Waals surface area (Å²) in [5.41, 5.74) is 0.596. The molecule has 0 atom stereocenters. The Morgan fingerprint density at radius 1 is 1.22 bits per heavy atom. The number of rotatable bonds is 7. The number of halogens is 1. The fourth-order valence-electron chi connectivity index (χ4n) is 3.02. The van der Waals surface area contributed by atoms with Crippen molar-refractivity contribution in [1.82, 2.24) is 10.2 Å². The van der Waals surface area contributed by atoms with Gasteiger partial charge in [0.25, 0.3) is 5.91 Å². The molecule has 2 fully saturated rings. The van der Waals surface area contributed by atoms with Crippen molar-refractivity contribution in [2.45, 2.75) is 37.8 Å². The number of carboxylic acid groups (broad SMARTS) is 1. The zero-order valence-corrected chi connectivity index (χ0v) is 13.6. The maximum absolute atomic E-state index is 12.1. The Hall–Kier alpha value is -1.59. The van der Waals surface area contributed by atoms with Gasteiger partial charge in [0.05, 0.1) is 6.54 Å². The molecule has 0 heterocycles. The van der Waals surface area contributed by atoms with Crippen LogP contribution in [0.1, 0.15) is 36.0 Å². The van der Waals surface area contributed by atoms with E-state index in [0.717, 1.165) is 19.4 Å². The van der Waals surface area contributed by atoms with Gasteiger partial charge in [0.15, 0.2) is 0 Å². The molecule has 124 valence electrons. The normalized spacial score (nSPS) is 23.4. The Morgan fingerprint density at radius 3 is 2.43 bits per heavy atom. The molecule has 1 aromatic carbocycles. The van der Waals surface area contributed by atoms with E-state index < -0.39 is 5.97 Å². The Bertz CT molecular complexity index is 580. The molecule has 1 aromatic rings. The topological polar surface area (TPSA) is 69.6 Å². The van der Waals surface area contributed by atoms with Crippen molar-refractivity contribution in [3.8, 4) is 0 Å². The Balaban J connectivity index is 1.48. The number of carbonyl (C=O) groups is 2. The van der Waals surface area contributed by atoms with Gasteiger partial charge in [-0.25, -0.2) is 0 Å². The molecule has 0 aromatic heterocycles. The monoisotopic (exact) mass is 336 g/mol. The summed E-state index contributed by atoms with van der Waals surface area (Å²) in [5.74, 6) is -0.214. The molecule has 0 spiro atoms. The predicted octanol–water partition coefficient (Wildman–Crippen LogP) is 2.40. The minimum Gasteiger partial charge on any atom is -0.480 e. The van der Waals surface area contributed by atoms with Crippen molar-refractivity contribution < 1.29 is 14.7 Å². The molecule has 2 aliphatic rings. The highest BCUT2D eigenvalue weighted by molar-refractivity contribution is 6.30. The smallest absolute Gasteiger partial charge is 0.317 e. The van der Waals surface area contributed by atoms with Gasteiger partial charge in [-0.05, 0) is 55.9 Å². The number of hydrogen-bond donors (Lipinski definition) is 2. The van der Waals surface area contributed by atoms with Gasteiger partial charge in [-0.3, -0.25) is 14.5 Å². The van der Waals surface area contributed by atoms with Gasteiger partial charge in [0, 0.05) is 29.2 Å². The molecule has 6 heteroatoms. The minimum atomic E-state index is -0.778. The fraction of sp³-hybridized carbons (Fsp3) is 0.529. The number of carbonyl (C=O) groups excluding carboxylic acids is 1. The van der Waals surface area contributed by atoms with Crippen molar-refractivity contribution in [1.29, 1.82) is 0 Å². The number of benzene rings is 1. The maximum Gasteiger partial charge on any atom is 0.317 e. The molecule has 2 aliphatic carbocycles. The summed E-state index contributed by atoms with van der Waals surface area (Å²) in [5, 5.41) is 12.7. The van der Waals surface area contributed by atoms with Crippen LogP contribution >= 0.6 is 11.6 Å². The number of nitrogens with one attached hydrogen (secondary N) is 1. The van der Waals surface area contributed by atoms with E-state index >= 15 is 0 Å². The number of carboxylic acids is 1. The van der Waals surface area contributed by atoms with E-state index in [0.29, 0.717) is 16.5 Å². The number of hydrogen-bond acceptors (Lipinski definition) is 3. The van der Waals surface area contributed by atoms with Crippen LogP contribution in [-0.2, 0) is 4.79 Å². The van der Waals surface area contributed by atoms with Gasteiger partial charge in [-0.15, -0.1) is 0 Å². The molecule has 0 aliphatic heterocycles. The molecule has 2 saturated carbocycles. The van der Waals surface area contributed by atoms with Crippen LogP contribution in [0, 0.1) is 5.92 Å². The summed E-state index contributed by atoms with van der Waals surface area (Å²) < 4.78 is 0. The molecule has 23 heavy (non-hydrogen) atoms. The van der Waals surface area contributed by atoms with Crippen molar-refractivity contribution >= 4 is 23.5 Å². The highest BCUT2D eigenvalue weighted by Gasteiger charge is 2.37. The summed E-state index contributed by atoms with van der Waals surface area (Å²) >= 11 is 5.82. The van der Waals surface area contributed by atoms with E-state index in [9.17, 15) is 9.59 Å². The molecule has 3 rings (SSSR count). The molecule has 2 N–H and O–H groups in total. The number of nitrogens with zero attached hydrogens (tertiary/aromatic N) is 1. The average molecular weight is 337 g/mol. The standard InChI is InChI=1S/C17H21ClN2O3/c18-13-5-3-12(4-6-13)17(23)19-14-7-15(8-14)20(10-16(21)22)9-11-1-2-11/h3-6,11,14-15H,1-2,7-10H2,(H,19,23)(H,21,22). The molecule has 0 radical (unpaired) electrons. The van der Waals surface area contributed by atoms with Crippen molar-refractivity contribution in [3.05, 3.63) is 34.9 Å². The highest BCUT2D eigenvalue weighted by Crippen LogP contribution is 2.33. The third kappa shape index (κ3) is 4.45. The zero-order chi connectivity index (χ0) is 16.4. The van der Waals surface area contributed by atoms with Gasteiger partial charge in [-0.2, -0.15) is 0 Å². The maximum atomic E-state index is 12.1. The summed E-state index contributed by atoms with van der Waals surface area (Å²) in [6, 6.07) is 7.20. The van der Waals surface area contributed by atoms with Gasteiger partial charge in [0.1, 0.15) is 0 Å². The second-order valence-corrected chi connectivity index (χ2v) is 7.01. The van der Waals surface area contributed by atoms with Gasteiger partial charge in [0.2, 0.25) is 0 Å². The lowest BCUT2D eigenvalue weighted by Crippen LogP contribution is -2.55. The second kappa shape index (κ2) is 6.89. The minimum absolute atomic E-state index is 0.0962. The van der Waals surface area contributed by atoms with Crippen LogP contribution in [-0.4, -0.2) is 47.1 Å². The fourth-order valence-corrected chi connectivity index (χ4v) is 3.15. The quantitative estimate of drug-likeness (QED) is 0.802. The first-order valence-electron chi connectivity index (χ1n) is 8.03. The number of aliphatic carboxylic acids is 1. The van der Waals surface area contributed by atoms with E-state index in [-0.39, 0.29) is 24.5 Å². The van der Waals surface area contributed by atoms with Crippen LogP contribution < -0.4 is 5.32 Å². The Morgan fingerprint density at radius 2 is 1.87 bits per heavy atom. The number of amides is 1. The van der Waals surface area contributed by atoms with Crippen LogP contribution in [0.25, 0.3) is 0 Å². The molecule has 0 unspecified atom stereocenters. The third-order valence-corrected chi connectivity index (χ3v) is 4.85. The SMILES string of the molecule is O=C(O)CN(CC1CC1)C1CC(NC(=O)c2ccc(Cl)cc2)C1. The average Bonchev–Trinajstić information content (AvgIpc) is 3.25. The largest absolute Gasteiger partial charge is 0.480 e. The van der Waals surface area contributed by atoms with Gasteiger partial charge in [-0.1, -0.05) is 11.6 Å². The third-order valence-electron chi connectivity index (χ3n) is 4.60. The van der Waals surface area contributed by atoms with Crippen molar-refractivity contribution in [2.24, 2.45) is 5.92 Å².